The summed E-state index contributed by atoms with van der Waals surface area (Å²) in [5, 5.41) is 9.16. The summed E-state index contributed by atoms with van der Waals surface area (Å²) in [6, 6.07) is 6.24. The highest BCUT2D eigenvalue weighted by Gasteiger charge is 2.67. The zero-order valence-electron chi connectivity index (χ0n) is 16.7. The summed E-state index contributed by atoms with van der Waals surface area (Å²) in [7, 11) is 0. The van der Waals surface area contributed by atoms with Crippen LogP contribution >= 0.6 is 0 Å². The van der Waals surface area contributed by atoms with Gasteiger partial charge in [0.15, 0.2) is 11.6 Å². The third-order valence-corrected chi connectivity index (χ3v) is 3.58. The Morgan fingerprint density at radius 2 is 1.32 bits per heavy atom. The first kappa shape index (κ1) is 27.4. The van der Waals surface area contributed by atoms with Crippen molar-refractivity contribution < 1.29 is 63.6 Å². The zero-order chi connectivity index (χ0) is 25.6. The average Bonchev–Trinajstić information content (AvgIpc) is 2.69. The minimum Gasteiger partial charge on any atom is -0.505 e. The van der Waals surface area contributed by atoms with Crippen LogP contribution in [0, 0.1) is 0 Å². The first-order valence-corrected chi connectivity index (χ1v) is 9.03. The molecule has 1 N–H and O–H groups in total. The van der Waals surface area contributed by atoms with Gasteiger partial charge in [-0.05, 0) is 24.3 Å². The predicted octanol–water partition coefficient (Wildman–Crippen LogP) is 4.97. The molecule has 2 rings (SSSR count). The van der Waals surface area contributed by atoms with Gasteiger partial charge in [0.05, 0.1) is 25.6 Å². The molecule has 7 nitrogen and oxygen atoms in total. The van der Waals surface area contributed by atoms with Crippen LogP contribution in [0.3, 0.4) is 0 Å². The van der Waals surface area contributed by atoms with Crippen molar-refractivity contribution in [3.8, 4) is 22.9 Å². The monoisotopic (exact) mass is 510 g/mol. The van der Waals surface area contributed by atoms with Crippen molar-refractivity contribution in [2.45, 2.75) is 31.1 Å². The zero-order valence-corrected chi connectivity index (χ0v) is 16.7. The van der Waals surface area contributed by atoms with Crippen molar-refractivity contribution in [1.29, 1.82) is 0 Å². The molecule has 0 atom stereocenters. The summed E-state index contributed by atoms with van der Waals surface area (Å²) in [6.07, 6.45) is -21.7. The molecule has 0 aliphatic rings. The summed E-state index contributed by atoms with van der Waals surface area (Å²) in [6.45, 7) is -2.56. The predicted molar refractivity (Wildman–Crippen MR) is 93.1 cm³/mol. The number of rotatable bonds is 12. The summed E-state index contributed by atoms with van der Waals surface area (Å²) in [5.74, 6) is 0.564. The number of alkyl halides is 9. The second kappa shape index (κ2) is 10.6. The second-order valence-electron chi connectivity index (χ2n) is 6.36. The van der Waals surface area contributed by atoms with Crippen LogP contribution in [0.25, 0.3) is 11.4 Å². The van der Waals surface area contributed by atoms with Crippen molar-refractivity contribution in [3.05, 3.63) is 36.7 Å². The molecule has 34 heavy (non-hydrogen) atoms. The SMILES string of the molecule is Oc1cnc(-c2ccc(OCCCOCC(F)(F)OC(F)(F)C(F)(F)OC(F)(F)F)cc2)nc1. The molecule has 0 radical (unpaired) electrons. The molecule has 1 heterocycles. The molecule has 0 aliphatic carbocycles. The minimum absolute atomic E-state index is 0.0529. The van der Waals surface area contributed by atoms with Gasteiger partial charge in [-0.3, -0.25) is 0 Å². The van der Waals surface area contributed by atoms with E-state index in [0.717, 1.165) is 0 Å². The Kier molecular flexibility index (Phi) is 8.54. The molecular weight excluding hydrogens is 495 g/mol. The smallest absolute Gasteiger partial charge is 0.505 e. The van der Waals surface area contributed by atoms with E-state index in [0.29, 0.717) is 17.1 Å². The number of hydrogen-bond donors (Lipinski definition) is 1. The standard InChI is InChI=1S/C18H15F9N2O5/c19-15(20,33-16(21,22)17(23,24)34-18(25,26)27)10-31-6-1-7-32-13-4-2-11(3-5-13)14-28-8-12(30)9-29-14/h2-5,8-9,30H,1,6-7,10H2. The van der Waals surface area contributed by atoms with Gasteiger partial charge in [-0.25, -0.2) is 19.4 Å². The molecule has 0 fully saturated rings. The van der Waals surface area contributed by atoms with E-state index in [2.05, 4.69) is 19.4 Å². The van der Waals surface area contributed by atoms with Crippen molar-refractivity contribution >= 4 is 0 Å². The van der Waals surface area contributed by atoms with Gasteiger partial charge < -0.3 is 14.6 Å². The van der Waals surface area contributed by atoms with E-state index in [1.54, 1.807) is 12.1 Å². The van der Waals surface area contributed by atoms with Crippen LogP contribution in [-0.2, 0) is 14.2 Å². The van der Waals surface area contributed by atoms with E-state index in [1.807, 2.05) is 4.74 Å². The lowest BCUT2D eigenvalue weighted by atomic mass is 10.2. The van der Waals surface area contributed by atoms with Gasteiger partial charge in [-0.1, -0.05) is 0 Å². The highest BCUT2D eigenvalue weighted by atomic mass is 19.4. The molecule has 0 bridgehead atoms. The van der Waals surface area contributed by atoms with Gasteiger partial charge in [-0.15, -0.1) is 13.2 Å². The number of benzene rings is 1. The maximum absolute atomic E-state index is 13.3. The quantitative estimate of drug-likeness (QED) is 0.319. The van der Waals surface area contributed by atoms with Gasteiger partial charge in [0.25, 0.3) is 0 Å². The summed E-state index contributed by atoms with van der Waals surface area (Å²) < 4.78 is 128. The number of halogens is 9. The van der Waals surface area contributed by atoms with E-state index in [1.165, 1.54) is 24.5 Å². The van der Waals surface area contributed by atoms with Crippen LogP contribution < -0.4 is 4.74 Å². The first-order valence-electron chi connectivity index (χ1n) is 9.03. The summed E-state index contributed by atoms with van der Waals surface area (Å²) >= 11 is 0. The van der Waals surface area contributed by atoms with Crippen molar-refractivity contribution in [2.24, 2.45) is 0 Å². The number of aromatic hydroxyl groups is 1. The molecule has 0 unspecified atom stereocenters. The van der Waals surface area contributed by atoms with E-state index in [-0.39, 0.29) is 18.8 Å². The maximum atomic E-state index is 13.3. The highest BCUT2D eigenvalue weighted by molar-refractivity contribution is 5.56. The lowest BCUT2D eigenvalue weighted by Gasteiger charge is -2.29. The van der Waals surface area contributed by atoms with Crippen molar-refractivity contribution in [3.63, 3.8) is 0 Å². The number of aromatic nitrogens is 2. The molecule has 0 saturated heterocycles. The molecular formula is C18H15F9N2O5. The van der Waals surface area contributed by atoms with Crippen LogP contribution in [0.5, 0.6) is 11.5 Å². The lowest BCUT2D eigenvalue weighted by Crippen LogP contribution is -2.51. The Labute approximate surface area is 185 Å². The van der Waals surface area contributed by atoms with Crippen molar-refractivity contribution in [1.82, 2.24) is 9.97 Å². The van der Waals surface area contributed by atoms with Crippen LogP contribution in [0.15, 0.2) is 36.7 Å². The van der Waals surface area contributed by atoms with E-state index in [9.17, 15) is 39.5 Å². The van der Waals surface area contributed by atoms with Gasteiger partial charge in [0.1, 0.15) is 12.4 Å². The number of hydrogen-bond acceptors (Lipinski definition) is 7. The van der Waals surface area contributed by atoms with Crippen LogP contribution in [-0.4, -0.2) is 59.6 Å². The minimum atomic E-state index is -6.41. The fourth-order valence-electron chi connectivity index (χ4n) is 2.19. The lowest BCUT2D eigenvalue weighted by molar-refractivity contribution is -0.530. The Morgan fingerprint density at radius 1 is 0.765 bits per heavy atom. The van der Waals surface area contributed by atoms with Gasteiger partial charge >= 0.3 is 24.7 Å². The van der Waals surface area contributed by atoms with Crippen LogP contribution in [0.1, 0.15) is 6.42 Å². The largest absolute Gasteiger partial charge is 0.527 e. The summed E-state index contributed by atoms with van der Waals surface area (Å²) in [5.41, 5.74) is 0.598. The summed E-state index contributed by atoms with van der Waals surface area (Å²) in [4.78, 5) is 7.82. The fourth-order valence-corrected chi connectivity index (χ4v) is 2.19. The third kappa shape index (κ3) is 8.49. The van der Waals surface area contributed by atoms with Gasteiger partial charge in [0, 0.05) is 12.0 Å². The van der Waals surface area contributed by atoms with Crippen LogP contribution in [0.2, 0.25) is 0 Å². The van der Waals surface area contributed by atoms with Gasteiger partial charge in [0.2, 0.25) is 0 Å². The Morgan fingerprint density at radius 3 is 1.88 bits per heavy atom. The molecule has 16 heteroatoms. The van der Waals surface area contributed by atoms with E-state index in [4.69, 9.17) is 9.84 Å². The van der Waals surface area contributed by atoms with E-state index >= 15 is 0 Å². The Hall–Kier alpha value is -2.85. The first-order chi connectivity index (χ1) is 15.6. The molecule has 0 amide bonds. The molecule has 0 aliphatic heterocycles. The molecule has 0 saturated carbocycles. The number of ether oxygens (including phenoxy) is 4. The Bertz CT molecular complexity index is 910. The third-order valence-electron chi connectivity index (χ3n) is 3.58. The molecule has 190 valence electrons. The van der Waals surface area contributed by atoms with Crippen LogP contribution in [0.4, 0.5) is 39.5 Å². The molecule has 2 aromatic rings. The van der Waals surface area contributed by atoms with Gasteiger partial charge in [-0.2, -0.15) is 26.3 Å². The Balaban J connectivity index is 1.73. The second-order valence-corrected chi connectivity index (χ2v) is 6.36. The van der Waals surface area contributed by atoms with E-state index < -0.39 is 37.9 Å². The molecule has 0 spiro atoms. The normalized spacial score (nSPS) is 13.2. The highest BCUT2D eigenvalue weighted by Crippen LogP contribution is 2.43. The maximum Gasteiger partial charge on any atom is 0.527 e. The fraction of sp³-hybridized carbons (Fsp3) is 0.444. The molecule has 1 aromatic heterocycles. The number of nitrogens with zero attached hydrogens (tertiary/aromatic N) is 2. The van der Waals surface area contributed by atoms with Crippen molar-refractivity contribution in [2.75, 3.05) is 19.8 Å². The average molecular weight is 510 g/mol. The molecule has 1 aromatic carbocycles. The topological polar surface area (TPSA) is 82.9 Å².